The number of carbonyl (C=O) groups excluding carboxylic acids is 1. The number of alkyl halides is 2. The molecule has 5 heteroatoms. The summed E-state index contributed by atoms with van der Waals surface area (Å²) >= 11 is 7.14. The van der Waals surface area contributed by atoms with Gasteiger partial charge in [-0.25, -0.2) is 4.79 Å². The Kier molecular flexibility index (Phi) is 4.52. The van der Waals surface area contributed by atoms with Crippen LogP contribution < -0.4 is 5.32 Å². The van der Waals surface area contributed by atoms with Crippen molar-refractivity contribution in [2.75, 3.05) is 7.11 Å². The summed E-state index contributed by atoms with van der Waals surface area (Å²) in [5.41, 5.74) is 0. The maximum atomic E-state index is 10.9. The number of nitrogens with one attached hydrogen (secondary N) is 1. The predicted octanol–water partition coefficient (Wildman–Crippen LogP) is 2.42. The molecular formula is C8H13Br2NO2. The third-order valence-corrected chi connectivity index (χ3v) is 5.02. The minimum Gasteiger partial charge on any atom is -0.453 e. The SMILES string of the molecule is COC(=O)N[C@H]1CC[C@@H](Br)[C@H](Br)C1. The third-order valence-electron chi connectivity index (χ3n) is 2.20. The van der Waals surface area contributed by atoms with Crippen molar-refractivity contribution < 1.29 is 9.53 Å². The minimum atomic E-state index is -0.335. The molecule has 0 aromatic heterocycles. The molecule has 0 heterocycles. The second-order valence-electron chi connectivity index (χ2n) is 3.18. The Balaban J connectivity index is 2.33. The van der Waals surface area contributed by atoms with E-state index in [1.807, 2.05) is 0 Å². The first-order valence-electron chi connectivity index (χ1n) is 4.26. The Hall–Kier alpha value is 0.230. The van der Waals surface area contributed by atoms with Crippen LogP contribution in [-0.4, -0.2) is 28.9 Å². The molecule has 1 fully saturated rings. The summed E-state index contributed by atoms with van der Waals surface area (Å²) in [5, 5.41) is 2.81. The van der Waals surface area contributed by atoms with Gasteiger partial charge in [-0.05, 0) is 19.3 Å². The average molecular weight is 315 g/mol. The second kappa shape index (κ2) is 5.20. The van der Waals surface area contributed by atoms with E-state index in [-0.39, 0.29) is 12.1 Å². The molecule has 1 amide bonds. The van der Waals surface area contributed by atoms with E-state index in [2.05, 4.69) is 41.9 Å². The lowest BCUT2D eigenvalue weighted by Crippen LogP contribution is -2.41. The van der Waals surface area contributed by atoms with Crippen LogP contribution >= 0.6 is 31.9 Å². The van der Waals surface area contributed by atoms with Crippen LogP contribution in [0.3, 0.4) is 0 Å². The number of rotatable bonds is 1. The first-order valence-corrected chi connectivity index (χ1v) is 6.09. The van der Waals surface area contributed by atoms with Gasteiger partial charge in [-0.2, -0.15) is 0 Å². The van der Waals surface area contributed by atoms with Crippen LogP contribution in [0.25, 0.3) is 0 Å². The Morgan fingerprint density at radius 2 is 2.08 bits per heavy atom. The summed E-state index contributed by atoms with van der Waals surface area (Å²) in [7, 11) is 1.39. The normalized spacial score (nSPS) is 33.9. The quantitative estimate of drug-likeness (QED) is 0.755. The molecule has 1 aliphatic rings. The summed E-state index contributed by atoms with van der Waals surface area (Å²) in [6.45, 7) is 0. The van der Waals surface area contributed by atoms with Crippen LogP contribution in [0.1, 0.15) is 19.3 Å². The highest BCUT2D eigenvalue weighted by Crippen LogP contribution is 2.30. The van der Waals surface area contributed by atoms with E-state index in [0.717, 1.165) is 19.3 Å². The smallest absolute Gasteiger partial charge is 0.407 e. The van der Waals surface area contributed by atoms with Gasteiger partial charge < -0.3 is 10.1 Å². The van der Waals surface area contributed by atoms with E-state index in [0.29, 0.717) is 9.65 Å². The Bertz CT molecular complexity index is 189. The van der Waals surface area contributed by atoms with Gasteiger partial charge in [-0.3, -0.25) is 0 Å². The summed E-state index contributed by atoms with van der Waals surface area (Å²) in [4.78, 5) is 11.9. The van der Waals surface area contributed by atoms with Gasteiger partial charge in [0.2, 0.25) is 0 Å². The number of halogens is 2. The zero-order valence-corrected chi connectivity index (χ0v) is 10.6. The third kappa shape index (κ3) is 3.46. The molecule has 1 aliphatic carbocycles. The van der Waals surface area contributed by atoms with E-state index < -0.39 is 0 Å². The largest absolute Gasteiger partial charge is 0.453 e. The summed E-state index contributed by atoms with van der Waals surface area (Å²) in [5.74, 6) is 0. The first kappa shape index (κ1) is 11.3. The molecule has 0 aliphatic heterocycles. The van der Waals surface area contributed by atoms with Gasteiger partial charge in [0.15, 0.2) is 0 Å². The first-order chi connectivity index (χ1) is 6.13. The Morgan fingerprint density at radius 3 is 2.62 bits per heavy atom. The number of carbonyl (C=O) groups is 1. The van der Waals surface area contributed by atoms with Crippen LogP contribution in [0, 0.1) is 0 Å². The zero-order chi connectivity index (χ0) is 9.84. The molecule has 0 aromatic carbocycles. The molecule has 1 rings (SSSR count). The molecule has 0 saturated heterocycles. The molecule has 0 spiro atoms. The molecule has 3 atom stereocenters. The van der Waals surface area contributed by atoms with Gasteiger partial charge in [0.05, 0.1) is 7.11 Å². The highest BCUT2D eigenvalue weighted by molar-refractivity contribution is 9.12. The lowest BCUT2D eigenvalue weighted by atomic mass is 9.95. The standard InChI is InChI=1S/C8H13Br2NO2/c1-13-8(12)11-5-2-3-6(9)7(10)4-5/h5-7H,2-4H2,1H3,(H,11,12)/t5-,6+,7+/m0/s1. The van der Waals surface area contributed by atoms with Crippen LogP contribution in [-0.2, 0) is 4.74 Å². The van der Waals surface area contributed by atoms with Crippen LogP contribution in [0.4, 0.5) is 4.79 Å². The van der Waals surface area contributed by atoms with Crippen molar-refractivity contribution in [3.63, 3.8) is 0 Å². The van der Waals surface area contributed by atoms with Crippen molar-refractivity contribution >= 4 is 38.0 Å². The van der Waals surface area contributed by atoms with Crippen molar-refractivity contribution in [1.29, 1.82) is 0 Å². The number of hydrogen-bond acceptors (Lipinski definition) is 2. The molecule has 0 bridgehead atoms. The second-order valence-corrected chi connectivity index (χ2v) is 5.53. The minimum absolute atomic E-state index is 0.241. The summed E-state index contributed by atoms with van der Waals surface area (Å²) in [6, 6.07) is 0.241. The topological polar surface area (TPSA) is 38.3 Å². The van der Waals surface area contributed by atoms with Crippen molar-refractivity contribution in [3.8, 4) is 0 Å². The molecular weight excluding hydrogens is 302 g/mol. The molecule has 1 N–H and O–H groups in total. The van der Waals surface area contributed by atoms with Gasteiger partial charge in [-0.1, -0.05) is 31.9 Å². The van der Waals surface area contributed by atoms with Crippen molar-refractivity contribution in [1.82, 2.24) is 5.32 Å². The predicted molar refractivity (Wildman–Crippen MR) is 58.6 cm³/mol. The van der Waals surface area contributed by atoms with Crippen molar-refractivity contribution in [2.24, 2.45) is 0 Å². The number of ether oxygens (including phenoxy) is 1. The molecule has 13 heavy (non-hydrogen) atoms. The highest BCUT2D eigenvalue weighted by Gasteiger charge is 2.27. The van der Waals surface area contributed by atoms with E-state index in [4.69, 9.17) is 0 Å². The molecule has 0 radical (unpaired) electrons. The average Bonchev–Trinajstić information content (AvgIpc) is 2.11. The van der Waals surface area contributed by atoms with Gasteiger partial charge in [0.25, 0.3) is 0 Å². The van der Waals surface area contributed by atoms with Crippen LogP contribution in [0.15, 0.2) is 0 Å². The fraction of sp³-hybridized carbons (Fsp3) is 0.875. The molecule has 3 nitrogen and oxygen atoms in total. The van der Waals surface area contributed by atoms with Gasteiger partial charge in [-0.15, -0.1) is 0 Å². The van der Waals surface area contributed by atoms with Crippen LogP contribution in [0.2, 0.25) is 0 Å². The maximum Gasteiger partial charge on any atom is 0.407 e. The Labute approximate surface area is 94.8 Å². The molecule has 1 saturated carbocycles. The number of alkyl carbamates (subject to hydrolysis) is 1. The number of amides is 1. The van der Waals surface area contributed by atoms with E-state index in [9.17, 15) is 4.79 Å². The number of hydrogen-bond donors (Lipinski definition) is 1. The summed E-state index contributed by atoms with van der Waals surface area (Å²) in [6.07, 6.45) is 2.70. The van der Waals surface area contributed by atoms with Gasteiger partial charge >= 0.3 is 6.09 Å². The maximum absolute atomic E-state index is 10.9. The van der Waals surface area contributed by atoms with Gasteiger partial charge in [0.1, 0.15) is 0 Å². The molecule has 76 valence electrons. The van der Waals surface area contributed by atoms with E-state index in [1.54, 1.807) is 0 Å². The van der Waals surface area contributed by atoms with Gasteiger partial charge in [0, 0.05) is 15.7 Å². The van der Waals surface area contributed by atoms with E-state index in [1.165, 1.54) is 7.11 Å². The van der Waals surface area contributed by atoms with E-state index >= 15 is 0 Å². The monoisotopic (exact) mass is 313 g/mol. The fourth-order valence-electron chi connectivity index (χ4n) is 1.44. The number of methoxy groups -OCH3 is 1. The molecule has 0 aromatic rings. The van der Waals surface area contributed by atoms with Crippen molar-refractivity contribution in [2.45, 2.75) is 35.0 Å². The lowest BCUT2D eigenvalue weighted by Gasteiger charge is -2.29. The Morgan fingerprint density at radius 1 is 1.38 bits per heavy atom. The van der Waals surface area contributed by atoms with Crippen molar-refractivity contribution in [3.05, 3.63) is 0 Å². The lowest BCUT2D eigenvalue weighted by molar-refractivity contribution is 0.164. The summed E-state index contributed by atoms with van der Waals surface area (Å²) < 4.78 is 4.54. The van der Waals surface area contributed by atoms with Crippen LogP contribution in [0.5, 0.6) is 0 Å². The molecule has 0 unspecified atom stereocenters. The fourth-order valence-corrected chi connectivity index (χ4v) is 2.63. The zero-order valence-electron chi connectivity index (χ0n) is 7.43. The highest BCUT2D eigenvalue weighted by atomic mass is 79.9.